The number of halogens is 1. The van der Waals surface area contributed by atoms with Crippen LogP contribution in [0.25, 0.3) is 0 Å². The molecule has 9 heteroatoms. The van der Waals surface area contributed by atoms with E-state index in [-0.39, 0.29) is 11.6 Å². The van der Waals surface area contributed by atoms with E-state index >= 15 is 0 Å². The maximum Gasteiger partial charge on any atom is 0.323 e. The van der Waals surface area contributed by atoms with E-state index in [1.54, 1.807) is 42.5 Å². The molecule has 0 unspecified atom stereocenters. The average molecular weight is 433 g/mol. The number of carbonyl (C=O) groups excluding carboxylic acids is 3. The molecule has 162 valence electrons. The number of urea groups is 1. The summed E-state index contributed by atoms with van der Waals surface area (Å²) >= 11 is 0. The van der Waals surface area contributed by atoms with Gasteiger partial charge in [-0.05, 0) is 54.1 Å². The van der Waals surface area contributed by atoms with Crippen LogP contribution in [0.15, 0.2) is 77.9 Å². The lowest BCUT2D eigenvalue weighted by Gasteiger charge is -2.08. The summed E-state index contributed by atoms with van der Waals surface area (Å²) in [5.41, 5.74) is 4.63. The summed E-state index contributed by atoms with van der Waals surface area (Å²) in [7, 11) is 0. The van der Waals surface area contributed by atoms with Crippen molar-refractivity contribution < 1.29 is 18.8 Å². The molecule has 0 aliphatic carbocycles. The van der Waals surface area contributed by atoms with Gasteiger partial charge >= 0.3 is 6.03 Å². The molecule has 32 heavy (non-hydrogen) atoms. The first-order valence-corrected chi connectivity index (χ1v) is 9.54. The predicted octanol–water partition coefficient (Wildman–Crippen LogP) is 4.19. The Morgan fingerprint density at radius 1 is 0.812 bits per heavy atom. The number of benzene rings is 3. The molecule has 0 heterocycles. The van der Waals surface area contributed by atoms with E-state index < -0.39 is 17.8 Å². The van der Waals surface area contributed by atoms with Crippen LogP contribution in [0.2, 0.25) is 0 Å². The van der Waals surface area contributed by atoms with Gasteiger partial charge in [-0.15, -0.1) is 0 Å². The molecule has 0 spiro atoms. The Hall–Kier alpha value is -4.53. The van der Waals surface area contributed by atoms with Crippen molar-refractivity contribution in [2.24, 2.45) is 5.10 Å². The summed E-state index contributed by atoms with van der Waals surface area (Å²) in [4.78, 5) is 35.2. The lowest BCUT2D eigenvalue weighted by Crippen LogP contribution is -2.20. The minimum atomic E-state index is -0.610. The highest BCUT2D eigenvalue weighted by Crippen LogP contribution is 2.14. The van der Waals surface area contributed by atoms with E-state index in [4.69, 9.17) is 0 Å². The van der Waals surface area contributed by atoms with E-state index in [2.05, 4.69) is 26.5 Å². The number of amides is 4. The van der Waals surface area contributed by atoms with Crippen molar-refractivity contribution in [3.05, 3.63) is 89.7 Å². The summed E-state index contributed by atoms with van der Waals surface area (Å²) < 4.78 is 13.6. The van der Waals surface area contributed by atoms with E-state index in [0.29, 0.717) is 16.9 Å². The van der Waals surface area contributed by atoms with Gasteiger partial charge in [0.25, 0.3) is 5.91 Å². The highest BCUT2D eigenvalue weighted by Gasteiger charge is 2.08. The number of rotatable bonds is 6. The number of anilines is 3. The number of carbonyl (C=O) groups is 3. The molecular formula is C23H20FN5O3. The summed E-state index contributed by atoms with van der Waals surface area (Å²) in [6, 6.07) is 18.3. The molecule has 0 radical (unpaired) electrons. The third-order valence-electron chi connectivity index (χ3n) is 4.14. The van der Waals surface area contributed by atoms with Crippen LogP contribution < -0.4 is 21.4 Å². The predicted molar refractivity (Wildman–Crippen MR) is 121 cm³/mol. The van der Waals surface area contributed by atoms with Crippen LogP contribution in [0, 0.1) is 5.82 Å². The van der Waals surface area contributed by atoms with Gasteiger partial charge in [0.05, 0.1) is 11.9 Å². The van der Waals surface area contributed by atoms with Crippen LogP contribution in [0.4, 0.5) is 26.2 Å². The fourth-order valence-corrected chi connectivity index (χ4v) is 2.64. The molecule has 0 aliphatic rings. The molecular weight excluding hydrogens is 413 g/mol. The summed E-state index contributed by atoms with van der Waals surface area (Å²) in [5.74, 6) is -1.14. The summed E-state index contributed by atoms with van der Waals surface area (Å²) in [6.45, 7) is 1.42. The minimum Gasteiger partial charge on any atom is -0.326 e. The van der Waals surface area contributed by atoms with Crippen molar-refractivity contribution in [1.29, 1.82) is 0 Å². The SMILES string of the molecule is CC(=O)Nc1ccc(/C=N\NC(=O)c2ccc(NC(=O)Nc3ccccc3F)cc2)cc1. The van der Waals surface area contributed by atoms with Crippen LogP contribution in [-0.2, 0) is 4.79 Å². The average Bonchev–Trinajstić information content (AvgIpc) is 2.76. The molecule has 0 fully saturated rings. The Bertz CT molecular complexity index is 1150. The number of hydrogen-bond acceptors (Lipinski definition) is 4. The van der Waals surface area contributed by atoms with Crippen molar-refractivity contribution >= 4 is 41.1 Å². The maximum absolute atomic E-state index is 13.6. The van der Waals surface area contributed by atoms with Crippen molar-refractivity contribution in [1.82, 2.24) is 5.43 Å². The Balaban J connectivity index is 1.51. The van der Waals surface area contributed by atoms with Crippen LogP contribution in [0.3, 0.4) is 0 Å². The normalized spacial score (nSPS) is 10.4. The third-order valence-corrected chi connectivity index (χ3v) is 4.14. The van der Waals surface area contributed by atoms with Gasteiger partial charge in [-0.1, -0.05) is 24.3 Å². The summed E-state index contributed by atoms with van der Waals surface area (Å²) in [5, 5.41) is 11.5. The van der Waals surface area contributed by atoms with Crippen molar-refractivity contribution in [2.45, 2.75) is 6.92 Å². The lowest BCUT2D eigenvalue weighted by molar-refractivity contribution is -0.114. The van der Waals surface area contributed by atoms with Crippen LogP contribution >= 0.6 is 0 Å². The van der Waals surface area contributed by atoms with Gasteiger partial charge in [-0.2, -0.15) is 5.10 Å². The molecule has 3 aromatic rings. The highest BCUT2D eigenvalue weighted by molar-refractivity contribution is 6.00. The monoisotopic (exact) mass is 433 g/mol. The molecule has 0 aromatic heterocycles. The second-order valence-electron chi connectivity index (χ2n) is 6.64. The van der Waals surface area contributed by atoms with E-state index in [1.807, 2.05) is 0 Å². The third kappa shape index (κ3) is 6.49. The van der Waals surface area contributed by atoms with Gasteiger partial charge in [0.2, 0.25) is 5.91 Å². The number of hydrazone groups is 1. The summed E-state index contributed by atoms with van der Waals surface area (Å²) in [6.07, 6.45) is 1.47. The van der Waals surface area contributed by atoms with Crippen LogP contribution in [-0.4, -0.2) is 24.1 Å². The topological polar surface area (TPSA) is 112 Å². The minimum absolute atomic E-state index is 0.0589. The van der Waals surface area contributed by atoms with E-state index in [9.17, 15) is 18.8 Å². The van der Waals surface area contributed by atoms with E-state index in [0.717, 1.165) is 5.56 Å². The van der Waals surface area contributed by atoms with Gasteiger partial charge < -0.3 is 16.0 Å². The fraction of sp³-hybridized carbons (Fsp3) is 0.0435. The molecule has 4 N–H and O–H groups in total. The number of nitrogens with one attached hydrogen (secondary N) is 4. The Morgan fingerprint density at radius 2 is 1.44 bits per heavy atom. The smallest absolute Gasteiger partial charge is 0.323 e. The molecule has 0 saturated carbocycles. The Morgan fingerprint density at radius 3 is 2.09 bits per heavy atom. The second kappa shape index (κ2) is 10.5. The Kier molecular flexibility index (Phi) is 7.26. The zero-order chi connectivity index (χ0) is 22.9. The number of para-hydroxylation sites is 1. The molecule has 0 atom stereocenters. The van der Waals surface area contributed by atoms with Gasteiger partial charge in [0.15, 0.2) is 0 Å². The van der Waals surface area contributed by atoms with Gasteiger partial charge in [-0.3, -0.25) is 9.59 Å². The molecule has 8 nitrogen and oxygen atoms in total. The van der Waals surface area contributed by atoms with Crippen molar-refractivity contribution in [3.63, 3.8) is 0 Å². The van der Waals surface area contributed by atoms with E-state index in [1.165, 1.54) is 43.5 Å². The van der Waals surface area contributed by atoms with Crippen LogP contribution in [0.5, 0.6) is 0 Å². The molecule has 0 saturated heterocycles. The zero-order valence-electron chi connectivity index (χ0n) is 17.1. The van der Waals surface area contributed by atoms with Crippen molar-refractivity contribution in [2.75, 3.05) is 16.0 Å². The molecule has 3 aromatic carbocycles. The molecule has 4 amide bonds. The number of hydrogen-bond donors (Lipinski definition) is 4. The van der Waals surface area contributed by atoms with Crippen molar-refractivity contribution in [3.8, 4) is 0 Å². The molecule has 3 rings (SSSR count). The first-order chi connectivity index (χ1) is 15.4. The fourth-order valence-electron chi connectivity index (χ4n) is 2.64. The largest absolute Gasteiger partial charge is 0.326 e. The quantitative estimate of drug-likeness (QED) is 0.345. The first-order valence-electron chi connectivity index (χ1n) is 9.54. The zero-order valence-corrected chi connectivity index (χ0v) is 17.1. The lowest BCUT2D eigenvalue weighted by atomic mass is 10.2. The second-order valence-corrected chi connectivity index (χ2v) is 6.64. The Labute approximate surface area is 183 Å². The van der Waals surface area contributed by atoms with Crippen LogP contribution in [0.1, 0.15) is 22.8 Å². The van der Waals surface area contributed by atoms with Gasteiger partial charge in [0, 0.05) is 23.9 Å². The van der Waals surface area contributed by atoms with Gasteiger partial charge in [0.1, 0.15) is 5.82 Å². The standard InChI is InChI=1S/C23H20FN5O3/c1-15(30)26-18-10-6-16(7-11-18)14-25-29-22(31)17-8-12-19(13-9-17)27-23(32)28-21-5-3-2-4-20(21)24/h2-14H,1H3,(H,26,30)(H,29,31)(H2,27,28,32)/b25-14-. The first kappa shape index (κ1) is 22.2. The highest BCUT2D eigenvalue weighted by atomic mass is 19.1. The molecule has 0 bridgehead atoms. The molecule has 0 aliphatic heterocycles. The van der Waals surface area contributed by atoms with Gasteiger partial charge in [-0.25, -0.2) is 14.6 Å². The maximum atomic E-state index is 13.6. The number of nitrogens with zero attached hydrogens (tertiary/aromatic N) is 1.